The van der Waals surface area contributed by atoms with E-state index in [1.807, 2.05) is 18.2 Å². The van der Waals surface area contributed by atoms with Crippen LogP contribution < -0.4 is 5.73 Å². The average Bonchev–Trinajstić information content (AvgIpc) is 2.79. The van der Waals surface area contributed by atoms with Crippen LogP contribution in [0.3, 0.4) is 0 Å². The Labute approximate surface area is 119 Å². The minimum absolute atomic E-state index is 0.755. The van der Waals surface area contributed by atoms with Crippen LogP contribution in [0.2, 0.25) is 0 Å². The molecular weight excluding hydrogens is 246 g/mol. The number of nitrogens with zero attached hydrogens (tertiary/aromatic N) is 2. The van der Waals surface area contributed by atoms with Crippen molar-refractivity contribution in [3.8, 4) is 5.69 Å². The van der Waals surface area contributed by atoms with E-state index in [4.69, 9.17) is 10.7 Å². The summed E-state index contributed by atoms with van der Waals surface area (Å²) in [5.41, 5.74) is 12.4. The maximum absolute atomic E-state index is 5.86. The van der Waals surface area contributed by atoms with Gasteiger partial charge in [-0.3, -0.25) is 4.57 Å². The van der Waals surface area contributed by atoms with E-state index in [1.165, 1.54) is 11.1 Å². The van der Waals surface area contributed by atoms with Gasteiger partial charge in [0, 0.05) is 17.8 Å². The van der Waals surface area contributed by atoms with Crippen LogP contribution in [-0.2, 0) is 6.42 Å². The highest BCUT2D eigenvalue weighted by atomic mass is 15.1. The zero-order valence-corrected chi connectivity index (χ0v) is 12.1. The highest BCUT2D eigenvalue weighted by Crippen LogP contribution is 2.25. The molecule has 0 aliphatic rings. The maximum atomic E-state index is 5.86. The van der Waals surface area contributed by atoms with E-state index in [-0.39, 0.29) is 0 Å². The Kier molecular flexibility index (Phi) is 2.97. The lowest BCUT2D eigenvalue weighted by atomic mass is 10.1. The van der Waals surface area contributed by atoms with Crippen LogP contribution in [0.5, 0.6) is 0 Å². The van der Waals surface area contributed by atoms with Crippen molar-refractivity contribution >= 4 is 16.7 Å². The maximum Gasteiger partial charge on any atom is 0.114 e. The predicted molar refractivity (Wildman–Crippen MR) is 84.3 cm³/mol. The summed E-state index contributed by atoms with van der Waals surface area (Å²) in [6, 6.07) is 12.4. The van der Waals surface area contributed by atoms with Crippen molar-refractivity contribution in [2.75, 3.05) is 5.73 Å². The third-order valence-corrected chi connectivity index (χ3v) is 3.81. The molecule has 20 heavy (non-hydrogen) atoms. The van der Waals surface area contributed by atoms with Crippen molar-refractivity contribution < 1.29 is 0 Å². The Hall–Kier alpha value is -2.29. The molecule has 2 aromatic carbocycles. The van der Waals surface area contributed by atoms with E-state index in [2.05, 4.69) is 43.5 Å². The molecule has 0 bridgehead atoms. The van der Waals surface area contributed by atoms with E-state index >= 15 is 0 Å². The van der Waals surface area contributed by atoms with Gasteiger partial charge >= 0.3 is 0 Å². The molecule has 2 N–H and O–H groups in total. The van der Waals surface area contributed by atoms with Crippen molar-refractivity contribution in [1.82, 2.24) is 9.55 Å². The van der Waals surface area contributed by atoms with E-state index in [1.54, 1.807) is 0 Å². The number of aromatic nitrogens is 2. The number of anilines is 1. The highest BCUT2D eigenvalue weighted by molar-refractivity contribution is 5.81. The van der Waals surface area contributed by atoms with Crippen molar-refractivity contribution in [3.05, 3.63) is 53.3 Å². The molecule has 0 aliphatic carbocycles. The normalized spacial score (nSPS) is 11.2. The number of hydrogen-bond acceptors (Lipinski definition) is 2. The van der Waals surface area contributed by atoms with Crippen LogP contribution in [0, 0.1) is 13.8 Å². The number of benzene rings is 2. The van der Waals surface area contributed by atoms with Crippen molar-refractivity contribution in [1.29, 1.82) is 0 Å². The average molecular weight is 265 g/mol. The second-order valence-electron chi connectivity index (χ2n) is 5.23. The molecule has 0 spiro atoms. The van der Waals surface area contributed by atoms with Gasteiger partial charge in [-0.2, -0.15) is 0 Å². The summed E-state index contributed by atoms with van der Waals surface area (Å²) >= 11 is 0. The molecule has 3 nitrogen and oxygen atoms in total. The van der Waals surface area contributed by atoms with Crippen molar-refractivity contribution in [3.63, 3.8) is 0 Å². The van der Waals surface area contributed by atoms with E-state index < -0.39 is 0 Å². The number of aryl methyl sites for hydroxylation is 3. The Morgan fingerprint density at radius 1 is 1.05 bits per heavy atom. The largest absolute Gasteiger partial charge is 0.399 e. The minimum Gasteiger partial charge on any atom is -0.399 e. The van der Waals surface area contributed by atoms with Gasteiger partial charge < -0.3 is 5.73 Å². The zero-order chi connectivity index (χ0) is 14.3. The predicted octanol–water partition coefficient (Wildman–Crippen LogP) is 3.79. The third-order valence-electron chi connectivity index (χ3n) is 3.81. The van der Waals surface area contributed by atoms with Crippen LogP contribution in [0.4, 0.5) is 5.69 Å². The SMILES string of the molecule is CCc1nc2cc(N)ccc2n1-c1ccc(C)c(C)c1. The first-order valence-electron chi connectivity index (χ1n) is 6.94. The van der Waals surface area contributed by atoms with Gasteiger partial charge in [0.1, 0.15) is 5.82 Å². The Balaban J connectivity index is 2.30. The third kappa shape index (κ3) is 1.95. The lowest BCUT2D eigenvalue weighted by Crippen LogP contribution is -2.00. The number of rotatable bonds is 2. The zero-order valence-electron chi connectivity index (χ0n) is 12.1. The van der Waals surface area contributed by atoms with Crippen LogP contribution in [0.15, 0.2) is 36.4 Å². The molecule has 0 saturated carbocycles. The quantitative estimate of drug-likeness (QED) is 0.716. The van der Waals surface area contributed by atoms with Crippen LogP contribution in [-0.4, -0.2) is 9.55 Å². The molecule has 0 unspecified atom stereocenters. The van der Waals surface area contributed by atoms with E-state index in [9.17, 15) is 0 Å². The van der Waals surface area contributed by atoms with Crippen LogP contribution >= 0.6 is 0 Å². The summed E-state index contributed by atoms with van der Waals surface area (Å²) in [4.78, 5) is 4.70. The number of fused-ring (bicyclic) bond motifs is 1. The molecule has 0 radical (unpaired) electrons. The monoisotopic (exact) mass is 265 g/mol. The molecule has 3 rings (SSSR count). The lowest BCUT2D eigenvalue weighted by Gasteiger charge is -2.10. The van der Waals surface area contributed by atoms with Gasteiger partial charge in [0.15, 0.2) is 0 Å². The van der Waals surface area contributed by atoms with Gasteiger partial charge in [-0.15, -0.1) is 0 Å². The fraction of sp³-hybridized carbons (Fsp3) is 0.235. The molecule has 1 heterocycles. The first-order valence-corrected chi connectivity index (χ1v) is 6.94. The summed E-state index contributed by atoms with van der Waals surface area (Å²) in [5.74, 6) is 1.06. The molecule has 0 aliphatic heterocycles. The van der Waals surface area contributed by atoms with Gasteiger partial charge in [0.2, 0.25) is 0 Å². The standard InChI is InChI=1S/C17H19N3/c1-4-17-19-15-10-13(18)6-8-16(15)20(17)14-7-5-11(2)12(3)9-14/h5-10H,4,18H2,1-3H3. The second kappa shape index (κ2) is 4.67. The van der Waals surface area contributed by atoms with Gasteiger partial charge in [0.05, 0.1) is 11.0 Å². The summed E-state index contributed by atoms with van der Waals surface area (Å²) in [6.45, 7) is 6.40. The first-order chi connectivity index (χ1) is 9.60. The van der Waals surface area contributed by atoms with Crippen LogP contribution in [0.25, 0.3) is 16.7 Å². The van der Waals surface area contributed by atoms with Gasteiger partial charge in [-0.25, -0.2) is 4.98 Å². The molecule has 102 valence electrons. The molecular formula is C17H19N3. The molecule has 0 atom stereocenters. The minimum atomic E-state index is 0.755. The Morgan fingerprint density at radius 3 is 2.55 bits per heavy atom. The Morgan fingerprint density at radius 2 is 1.85 bits per heavy atom. The van der Waals surface area contributed by atoms with Crippen molar-refractivity contribution in [2.45, 2.75) is 27.2 Å². The topological polar surface area (TPSA) is 43.8 Å². The molecule has 3 aromatic rings. The fourth-order valence-electron chi connectivity index (χ4n) is 2.54. The van der Waals surface area contributed by atoms with Gasteiger partial charge in [-0.05, 0) is 55.3 Å². The van der Waals surface area contributed by atoms with Gasteiger partial charge in [-0.1, -0.05) is 13.0 Å². The van der Waals surface area contributed by atoms with Crippen molar-refractivity contribution in [2.24, 2.45) is 0 Å². The summed E-state index contributed by atoms with van der Waals surface area (Å²) in [5, 5.41) is 0. The molecule has 0 saturated heterocycles. The van der Waals surface area contributed by atoms with E-state index in [0.29, 0.717) is 0 Å². The highest BCUT2D eigenvalue weighted by Gasteiger charge is 2.11. The summed E-state index contributed by atoms with van der Waals surface area (Å²) in [6.07, 6.45) is 0.890. The number of imidazole rings is 1. The van der Waals surface area contributed by atoms with Crippen LogP contribution in [0.1, 0.15) is 23.9 Å². The second-order valence-corrected chi connectivity index (χ2v) is 5.23. The molecule has 0 fully saturated rings. The fourth-order valence-corrected chi connectivity index (χ4v) is 2.54. The molecule has 1 aromatic heterocycles. The number of nitrogen functional groups attached to an aromatic ring is 1. The Bertz CT molecular complexity index is 784. The smallest absolute Gasteiger partial charge is 0.114 e. The summed E-state index contributed by atoms with van der Waals surface area (Å²) in [7, 11) is 0. The summed E-state index contributed by atoms with van der Waals surface area (Å²) < 4.78 is 2.22. The lowest BCUT2D eigenvalue weighted by molar-refractivity contribution is 0.907. The molecule has 0 amide bonds. The van der Waals surface area contributed by atoms with Gasteiger partial charge in [0.25, 0.3) is 0 Å². The number of hydrogen-bond donors (Lipinski definition) is 1. The van der Waals surface area contributed by atoms with E-state index in [0.717, 1.165) is 34.7 Å². The first kappa shape index (κ1) is 12.7. The number of nitrogens with two attached hydrogens (primary N) is 1. The molecule has 3 heteroatoms.